The van der Waals surface area contributed by atoms with E-state index >= 15 is 0 Å². The molecule has 0 aromatic heterocycles. The Labute approximate surface area is 98.3 Å². The second-order valence-corrected chi connectivity index (χ2v) is 5.04. The van der Waals surface area contributed by atoms with Crippen molar-refractivity contribution in [1.82, 2.24) is 0 Å². The normalized spacial score (nSPS) is 11.3. The van der Waals surface area contributed by atoms with E-state index in [0.717, 1.165) is 6.07 Å². The quantitative estimate of drug-likeness (QED) is 0.766. The van der Waals surface area contributed by atoms with Gasteiger partial charge in [-0.25, -0.2) is 4.39 Å². The van der Waals surface area contributed by atoms with Gasteiger partial charge in [0.15, 0.2) is 11.6 Å². The zero-order chi connectivity index (χ0) is 12.9. The van der Waals surface area contributed by atoms with E-state index in [4.69, 9.17) is 19.3 Å². The van der Waals surface area contributed by atoms with Gasteiger partial charge in [-0.05, 0) is 19.1 Å². The zero-order valence-corrected chi connectivity index (χ0v) is 10.2. The SMILES string of the molecule is CCOc1ccc(OCCP(=O)(O)O)cc1F. The first-order chi connectivity index (χ1) is 7.92. The molecule has 0 atom stereocenters. The lowest BCUT2D eigenvalue weighted by molar-refractivity contribution is 0.306. The second kappa shape index (κ2) is 6.00. The van der Waals surface area contributed by atoms with Crippen LogP contribution in [-0.4, -0.2) is 29.2 Å². The van der Waals surface area contributed by atoms with E-state index in [0.29, 0.717) is 6.61 Å². The van der Waals surface area contributed by atoms with Crippen molar-refractivity contribution in [2.24, 2.45) is 0 Å². The van der Waals surface area contributed by atoms with Crippen molar-refractivity contribution in [3.63, 3.8) is 0 Å². The van der Waals surface area contributed by atoms with E-state index < -0.39 is 19.6 Å². The minimum absolute atomic E-state index is 0.120. The summed E-state index contributed by atoms with van der Waals surface area (Å²) in [7, 11) is -4.08. The maximum atomic E-state index is 13.3. The van der Waals surface area contributed by atoms with Gasteiger partial charge >= 0.3 is 7.60 Å². The topological polar surface area (TPSA) is 76.0 Å². The monoisotopic (exact) mass is 264 g/mol. The van der Waals surface area contributed by atoms with Crippen LogP contribution in [0.4, 0.5) is 4.39 Å². The summed E-state index contributed by atoms with van der Waals surface area (Å²) in [5, 5.41) is 0. The molecule has 17 heavy (non-hydrogen) atoms. The first kappa shape index (κ1) is 14.0. The molecule has 0 aliphatic heterocycles. The molecule has 0 amide bonds. The largest absolute Gasteiger partial charge is 0.493 e. The summed E-state index contributed by atoms with van der Waals surface area (Å²) in [5.74, 6) is -0.241. The Balaban J connectivity index is 2.56. The van der Waals surface area contributed by atoms with Gasteiger partial charge in [-0.15, -0.1) is 0 Å². The Morgan fingerprint density at radius 2 is 2.06 bits per heavy atom. The smallest absolute Gasteiger partial charge is 0.328 e. The molecule has 0 radical (unpaired) electrons. The molecular weight excluding hydrogens is 250 g/mol. The van der Waals surface area contributed by atoms with Gasteiger partial charge in [-0.1, -0.05) is 0 Å². The summed E-state index contributed by atoms with van der Waals surface area (Å²) in [5.41, 5.74) is 0. The molecule has 1 rings (SSSR count). The fourth-order valence-corrected chi connectivity index (χ4v) is 1.46. The van der Waals surface area contributed by atoms with Crippen molar-refractivity contribution in [3.05, 3.63) is 24.0 Å². The standard InChI is InChI=1S/C10H14FO5P/c1-2-15-10-4-3-8(7-9(10)11)16-5-6-17(12,13)14/h3-4,7H,2,5-6H2,1H3,(H2,12,13,14). The summed E-state index contributed by atoms with van der Waals surface area (Å²) < 4.78 is 33.9. The molecule has 2 N–H and O–H groups in total. The maximum absolute atomic E-state index is 13.3. The predicted molar refractivity (Wildman–Crippen MR) is 60.0 cm³/mol. The number of benzene rings is 1. The van der Waals surface area contributed by atoms with Crippen molar-refractivity contribution >= 4 is 7.60 Å². The van der Waals surface area contributed by atoms with Gasteiger partial charge in [0.1, 0.15) is 5.75 Å². The van der Waals surface area contributed by atoms with Crippen molar-refractivity contribution in [3.8, 4) is 11.5 Å². The highest BCUT2D eigenvalue weighted by molar-refractivity contribution is 7.51. The van der Waals surface area contributed by atoms with Crippen LogP contribution in [0.15, 0.2) is 18.2 Å². The third-order valence-corrected chi connectivity index (χ3v) is 2.62. The van der Waals surface area contributed by atoms with Crippen LogP contribution in [0.5, 0.6) is 11.5 Å². The van der Waals surface area contributed by atoms with E-state index in [2.05, 4.69) is 0 Å². The number of hydrogen-bond acceptors (Lipinski definition) is 3. The fourth-order valence-electron chi connectivity index (χ4n) is 1.13. The molecule has 0 aliphatic carbocycles. The molecule has 1 aromatic rings. The van der Waals surface area contributed by atoms with E-state index in [1.807, 2.05) is 0 Å². The average Bonchev–Trinajstić information content (AvgIpc) is 2.20. The lowest BCUT2D eigenvalue weighted by Gasteiger charge is -2.09. The molecule has 0 fully saturated rings. The van der Waals surface area contributed by atoms with Crippen LogP contribution in [0.25, 0.3) is 0 Å². The Hall–Kier alpha value is -1.10. The third-order valence-electron chi connectivity index (χ3n) is 1.85. The molecule has 7 heteroatoms. The summed E-state index contributed by atoms with van der Waals surface area (Å²) >= 11 is 0. The molecule has 96 valence electrons. The molecular formula is C10H14FO5P. The first-order valence-electron chi connectivity index (χ1n) is 5.02. The zero-order valence-electron chi connectivity index (χ0n) is 9.30. The average molecular weight is 264 g/mol. The van der Waals surface area contributed by atoms with Gasteiger partial charge in [-0.3, -0.25) is 4.57 Å². The van der Waals surface area contributed by atoms with Gasteiger partial charge in [0, 0.05) is 6.07 Å². The third kappa shape index (κ3) is 5.17. The summed E-state index contributed by atoms with van der Waals surface area (Å²) in [6.45, 7) is 1.93. The highest BCUT2D eigenvalue weighted by Crippen LogP contribution is 2.33. The highest BCUT2D eigenvalue weighted by Gasteiger charge is 2.13. The summed E-state index contributed by atoms with van der Waals surface area (Å²) in [6, 6.07) is 4.00. The van der Waals surface area contributed by atoms with Crippen LogP contribution >= 0.6 is 7.60 Å². The lowest BCUT2D eigenvalue weighted by atomic mass is 10.3. The number of halogens is 1. The van der Waals surface area contributed by atoms with Crippen molar-refractivity contribution in [2.75, 3.05) is 19.4 Å². The van der Waals surface area contributed by atoms with E-state index in [9.17, 15) is 8.96 Å². The molecule has 0 saturated heterocycles. The molecule has 5 nitrogen and oxygen atoms in total. The predicted octanol–water partition coefficient (Wildman–Crippen LogP) is 1.78. The Kier molecular flexibility index (Phi) is 4.93. The lowest BCUT2D eigenvalue weighted by Crippen LogP contribution is -2.04. The Morgan fingerprint density at radius 3 is 2.59 bits per heavy atom. The molecule has 1 aromatic carbocycles. The highest BCUT2D eigenvalue weighted by atomic mass is 31.2. The van der Waals surface area contributed by atoms with Gasteiger partial charge in [-0.2, -0.15) is 0 Å². The molecule has 0 spiro atoms. The molecule has 0 unspecified atom stereocenters. The number of rotatable bonds is 6. The van der Waals surface area contributed by atoms with Crippen molar-refractivity contribution < 1.29 is 28.2 Å². The molecule has 0 aliphatic rings. The summed E-state index contributed by atoms with van der Waals surface area (Å²) in [6.07, 6.45) is -0.401. The van der Waals surface area contributed by atoms with Crippen LogP contribution in [0.1, 0.15) is 6.92 Å². The van der Waals surface area contributed by atoms with Crippen molar-refractivity contribution in [1.29, 1.82) is 0 Å². The number of ether oxygens (including phenoxy) is 2. The Morgan fingerprint density at radius 1 is 1.35 bits per heavy atom. The minimum Gasteiger partial charge on any atom is -0.493 e. The van der Waals surface area contributed by atoms with Crippen LogP contribution in [0, 0.1) is 5.82 Å². The van der Waals surface area contributed by atoms with E-state index in [-0.39, 0.29) is 18.1 Å². The fraction of sp³-hybridized carbons (Fsp3) is 0.400. The summed E-state index contributed by atoms with van der Waals surface area (Å²) in [4.78, 5) is 17.2. The molecule has 0 saturated carbocycles. The van der Waals surface area contributed by atoms with Crippen LogP contribution in [0.3, 0.4) is 0 Å². The number of hydrogen-bond donors (Lipinski definition) is 2. The molecule has 0 heterocycles. The maximum Gasteiger partial charge on any atom is 0.328 e. The van der Waals surface area contributed by atoms with Crippen LogP contribution in [0.2, 0.25) is 0 Å². The first-order valence-corrected chi connectivity index (χ1v) is 6.82. The van der Waals surface area contributed by atoms with Gasteiger partial charge in [0.05, 0.1) is 19.4 Å². The van der Waals surface area contributed by atoms with Crippen LogP contribution in [-0.2, 0) is 4.57 Å². The van der Waals surface area contributed by atoms with Gasteiger partial charge < -0.3 is 19.3 Å². The van der Waals surface area contributed by atoms with E-state index in [1.54, 1.807) is 6.92 Å². The van der Waals surface area contributed by atoms with E-state index in [1.165, 1.54) is 12.1 Å². The molecule has 0 bridgehead atoms. The minimum atomic E-state index is -4.08. The van der Waals surface area contributed by atoms with Crippen molar-refractivity contribution in [2.45, 2.75) is 6.92 Å². The Bertz CT molecular complexity index is 417. The van der Waals surface area contributed by atoms with Gasteiger partial charge in [0.25, 0.3) is 0 Å². The van der Waals surface area contributed by atoms with Gasteiger partial charge in [0.2, 0.25) is 0 Å². The van der Waals surface area contributed by atoms with Crippen LogP contribution < -0.4 is 9.47 Å². The second-order valence-electron chi connectivity index (χ2n) is 3.26.